The molecule has 5 heteroatoms. The Morgan fingerprint density at radius 1 is 1.33 bits per heavy atom. The third kappa shape index (κ3) is 5.34. The van der Waals surface area contributed by atoms with Gasteiger partial charge in [-0.05, 0) is 41.3 Å². The van der Waals surface area contributed by atoms with Gasteiger partial charge < -0.3 is 5.32 Å². The molecular weight excluding hydrogens is 330 g/mol. The summed E-state index contributed by atoms with van der Waals surface area (Å²) in [6.45, 7) is 3.46. The first-order valence-electron chi connectivity index (χ1n) is 7.15. The summed E-state index contributed by atoms with van der Waals surface area (Å²) in [6, 6.07) is 10.1. The molecular formula is C16H20BrN3O. The molecule has 1 aromatic heterocycles. The Hall–Kier alpha value is -1.62. The Labute approximate surface area is 133 Å². The van der Waals surface area contributed by atoms with E-state index in [-0.39, 0.29) is 5.91 Å². The Bertz CT molecular complexity index is 561. The average molecular weight is 350 g/mol. The summed E-state index contributed by atoms with van der Waals surface area (Å²) < 4.78 is 2.92. The van der Waals surface area contributed by atoms with Gasteiger partial charge in [-0.25, -0.2) is 0 Å². The highest BCUT2D eigenvalue weighted by atomic mass is 79.9. The number of rotatable bonds is 7. The number of carbonyl (C=O) groups excluding carboxylic acids is 1. The van der Waals surface area contributed by atoms with Crippen LogP contribution in [0, 0.1) is 6.92 Å². The van der Waals surface area contributed by atoms with Crippen LogP contribution < -0.4 is 5.32 Å². The zero-order chi connectivity index (χ0) is 15.1. The molecule has 4 nitrogen and oxygen atoms in total. The Morgan fingerprint density at radius 3 is 2.76 bits per heavy atom. The Balaban J connectivity index is 1.61. The molecule has 0 bridgehead atoms. The zero-order valence-corrected chi connectivity index (χ0v) is 13.8. The van der Waals surface area contributed by atoms with Gasteiger partial charge in [-0.3, -0.25) is 9.48 Å². The zero-order valence-electron chi connectivity index (χ0n) is 12.2. The van der Waals surface area contributed by atoms with E-state index in [4.69, 9.17) is 0 Å². The SMILES string of the molecule is Cc1nn(CCCNC(=O)CCc2ccccc2)cc1Br. The van der Waals surface area contributed by atoms with Crippen LogP contribution in [0.25, 0.3) is 0 Å². The van der Waals surface area contributed by atoms with E-state index in [0.717, 1.165) is 29.6 Å². The van der Waals surface area contributed by atoms with Crippen LogP contribution in [0.4, 0.5) is 0 Å². The molecule has 1 N–H and O–H groups in total. The maximum absolute atomic E-state index is 11.7. The van der Waals surface area contributed by atoms with E-state index in [0.29, 0.717) is 13.0 Å². The third-order valence-electron chi connectivity index (χ3n) is 3.26. The lowest BCUT2D eigenvalue weighted by atomic mass is 10.1. The monoisotopic (exact) mass is 349 g/mol. The van der Waals surface area contributed by atoms with Crippen LogP contribution in [0.1, 0.15) is 24.1 Å². The minimum atomic E-state index is 0.108. The van der Waals surface area contributed by atoms with Gasteiger partial charge in [0, 0.05) is 25.7 Å². The second-order valence-electron chi connectivity index (χ2n) is 5.01. The van der Waals surface area contributed by atoms with Gasteiger partial charge >= 0.3 is 0 Å². The standard InChI is InChI=1S/C16H20BrN3O/c1-13-15(17)12-20(19-13)11-5-10-18-16(21)9-8-14-6-3-2-4-7-14/h2-4,6-7,12H,5,8-11H2,1H3,(H,18,21). The molecule has 1 aromatic carbocycles. The van der Waals surface area contributed by atoms with Crippen molar-refractivity contribution in [3.05, 3.63) is 52.3 Å². The minimum Gasteiger partial charge on any atom is -0.356 e. The number of carbonyl (C=O) groups is 1. The predicted molar refractivity (Wildman–Crippen MR) is 87.1 cm³/mol. The molecule has 112 valence electrons. The summed E-state index contributed by atoms with van der Waals surface area (Å²) >= 11 is 3.44. The third-order valence-corrected chi connectivity index (χ3v) is 4.03. The van der Waals surface area contributed by atoms with Crippen LogP contribution >= 0.6 is 15.9 Å². The van der Waals surface area contributed by atoms with Gasteiger partial charge in [0.25, 0.3) is 0 Å². The molecule has 0 saturated carbocycles. The molecule has 0 fully saturated rings. The highest BCUT2D eigenvalue weighted by molar-refractivity contribution is 9.10. The summed E-state index contributed by atoms with van der Waals surface area (Å²) in [6.07, 6.45) is 4.17. The molecule has 0 aliphatic carbocycles. The molecule has 2 rings (SSSR count). The lowest BCUT2D eigenvalue weighted by Gasteiger charge is -2.05. The van der Waals surface area contributed by atoms with E-state index >= 15 is 0 Å². The van der Waals surface area contributed by atoms with Crippen LogP contribution in [-0.4, -0.2) is 22.2 Å². The summed E-state index contributed by atoms with van der Waals surface area (Å²) in [5, 5.41) is 7.31. The Morgan fingerprint density at radius 2 is 2.10 bits per heavy atom. The van der Waals surface area contributed by atoms with Gasteiger partial charge in [0.2, 0.25) is 5.91 Å². The predicted octanol–water partition coefficient (Wildman–Crippen LogP) is 3.09. The van der Waals surface area contributed by atoms with Crippen molar-refractivity contribution in [2.45, 2.75) is 32.7 Å². The lowest BCUT2D eigenvalue weighted by Crippen LogP contribution is -2.25. The molecule has 0 aliphatic rings. The first-order valence-corrected chi connectivity index (χ1v) is 7.94. The molecule has 0 spiro atoms. The first kappa shape index (κ1) is 15.8. The normalized spacial score (nSPS) is 10.6. The first-order chi connectivity index (χ1) is 10.1. The quantitative estimate of drug-likeness (QED) is 0.780. The van der Waals surface area contributed by atoms with E-state index < -0.39 is 0 Å². The fourth-order valence-electron chi connectivity index (χ4n) is 2.07. The molecule has 0 aliphatic heterocycles. The van der Waals surface area contributed by atoms with Crippen molar-refractivity contribution in [2.75, 3.05) is 6.54 Å². The highest BCUT2D eigenvalue weighted by Crippen LogP contribution is 2.13. The van der Waals surface area contributed by atoms with Crippen LogP contribution in [0.5, 0.6) is 0 Å². The van der Waals surface area contributed by atoms with Crippen LogP contribution in [0.3, 0.4) is 0 Å². The molecule has 2 aromatic rings. The van der Waals surface area contributed by atoms with E-state index in [9.17, 15) is 4.79 Å². The molecule has 0 unspecified atom stereocenters. The van der Waals surface area contributed by atoms with Gasteiger partial charge in [0.05, 0.1) is 10.2 Å². The van der Waals surface area contributed by atoms with Crippen molar-refractivity contribution in [2.24, 2.45) is 0 Å². The maximum Gasteiger partial charge on any atom is 0.220 e. The highest BCUT2D eigenvalue weighted by Gasteiger charge is 2.03. The maximum atomic E-state index is 11.7. The van der Waals surface area contributed by atoms with Gasteiger partial charge in [-0.2, -0.15) is 5.10 Å². The van der Waals surface area contributed by atoms with E-state index in [1.165, 1.54) is 5.56 Å². The second kappa shape index (κ2) is 7.98. The van der Waals surface area contributed by atoms with Crippen molar-refractivity contribution in [1.82, 2.24) is 15.1 Å². The number of amides is 1. The minimum absolute atomic E-state index is 0.108. The van der Waals surface area contributed by atoms with Gasteiger partial charge in [0.1, 0.15) is 0 Å². The van der Waals surface area contributed by atoms with Gasteiger partial charge in [-0.15, -0.1) is 0 Å². The smallest absolute Gasteiger partial charge is 0.220 e. The number of nitrogens with one attached hydrogen (secondary N) is 1. The largest absolute Gasteiger partial charge is 0.356 e. The van der Waals surface area contributed by atoms with Crippen LogP contribution in [0.2, 0.25) is 0 Å². The van der Waals surface area contributed by atoms with Crippen molar-refractivity contribution in [3.63, 3.8) is 0 Å². The fourth-order valence-corrected chi connectivity index (χ4v) is 2.38. The van der Waals surface area contributed by atoms with Crippen LogP contribution in [-0.2, 0) is 17.8 Å². The van der Waals surface area contributed by atoms with Gasteiger partial charge in [-0.1, -0.05) is 30.3 Å². The molecule has 0 saturated heterocycles. The van der Waals surface area contributed by atoms with Crippen molar-refractivity contribution in [1.29, 1.82) is 0 Å². The number of hydrogen-bond acceptors (Lipinski definition) is 2. The lowest BCUT2D eigenvalue weighted by molar-refractivity contribution is -0.121. The van der Waals surface area contributed by atoms with Crippen molar-refractivity contribution in [3.8, 4) is 0 Å². The van der Waals surface area contributed by atoms with E-state index in [1.807, 2.05) is 48.1 Å². The van der Waals surface area contributed by atoms with Crippen molar-refractivity contribution >= 4 is 21.8 Å². The van der Waals surface area contributed by atoms with Crippen LogP contribution in [0.15, 0.2) is 41.0 Å². The summed E-state index contributed by atoms with van der Waals surface area (Å²) in [5.74, 6) is 0.108. The van der Waals surface area contributed by atoms with E-state index in [2.05, 4.69) is 26.3 Å². The van der Waals surface area contributed by atoms with Gasteiger partial charge in [0.15, 0.2) is 0 Å². The number of aromatic nitrogens is 2. The Kier molecular flexibility index (Phi) is 5.99. The number of benzene rings is 1. The number of hydrogen-bond donors (Lipinski definition) is 1. The fraction of sp³-hybridized carbons (Fsp3) is 0.375. The second-order valence-corrected chi connectivity index (χ2v) is 5.87. The molecule has 0 atom stereocenters. The van der Waals surface area contributed by atoms with Crippen molar-refractivity contribution < 1.29 is 4.79 Å². The summed E-state index contributed by atoms with van der Waals surface area (Å²) in [5.41, 5.74) is 2.19. The average Bonchev–Trinajstić information content (AvgIpc) is 2.81. The van der Waals surface area contributed by atoms with E-state index in [1.54, 1.807) is 0 Å². The molecule has 21 heavy (non-hydrogen) atoms. The summed E-state index contributed by atoms with van der Waals surface area (Å²) in [7, 11) is 0. The number of halogens is 1. The number of nitrogens with zero attached hydrogens (tertiary/aromatic N) is 2. The molecule has 0 radical (unpaired) electrons. The number of aryl methyl sites for hydroxylation is 3. The summed E-state index contributed by atoms with van der Waals surface area (Å²) in [4.78, 5) is 11.7. The molecule has 1 amide bonds. The molecule has 1 heterocycles. The topological polar surface area (TPSA) is 46.9 Å².